The molecule has 0 amide bonds. The van der Waals surface area contributed by atoms with Crippen LogP contribution in [0.5, 0.6) is 0 Å². The minimum Gasteiger partial charge on any atom is -0.478 e. The first-order valence-electron chi connectivity index (χ1n) is 5.66. The first-order chi connectivity index (χ1) is 9.31. The summed E-state index contributed by atoms with van der Waals surface area (Å²) in [5.41, 5.74) is 0.322. The maximum absolute atomic E-state index is 12.1. The summed E-state index contributed by atoms with van der Waals surface area (Å²) in [6, 6.07) is 1.54. The Labute approximate surface area is 114 Å². The Kier molecular flexibility index (Phi) is 3.49. The van der Waals surface area contributed by atoms with Gasteiger partial charge in [-0.05, 0) is 5.92 Å². The summed E-state index contributed by atoms with van der Waals surface area (Å²) >= 11 is 0. The summed E-state index contributed by atoms with van der Waals surface area (Å²) < 4.78 is 26.3. The number of rotatable bonds is 5. The molecule has 0 saturated heterocycles. The summed E-state index contributed by atoms with van der Waals surface area (Å²) in [6.45, 7) is 3.84. The van der Waals surface area contributed by atoms with Crippen LogP contribution in [-0.2, 0) is 10.0 Å². The molecule has 4 N–H and O–H groups in total. The molecule has 2 heterocycles. The van der Waals surface area contributed by atoms with Gasteiger partial charge in [0.25, 0.3) is 10.0 Å². The molecule has 0 fully saturated rings. The molecule has 10 heteroatoms. The van der Waals surface area contributed by atoms with Gasteiger partial charge in [-0.2, -0.15) is 18.6 Å². The molecule has 0 bridgehead atoms. The number of anilines is 1. The first kappa shape index (κ1) is 14.1. The van der Waals surface area contributed by atoms with Crippen LogP contribution in [0.15, 0.2) is 17.3 Å². The number of sulfonamides is 1. The van der Waals surface area contributed by atoms with Gasteiger partial charge in [0.2, 0.25) is 0 Å². The lowest BCUT2D eigenvalue weighted by Gasteiger charge is -2.03. The Bertz CT molecular complexity index is 730. The number of H-pyrrole nitrogens is 2. The van der Waals surface area contributed by atoms with Crippen LogP contribution in [0.2, 0.25) is 0 Å². The van der Waals surface area contributed by atoms with Crippen LogP contribution in [0.4, 0.5) is 5.82 Å². The molecule has 2 aromatic heterocycles. The third kappa shape index (κ3) is 2.64. The highest BCUT2D eigenvalue weighted by Crippen LogP contribution is 2.19. The summed E-state index contributed by atoms with van der Waals surface area (Å²) in [5.74, 6) is -1.15. The summed E-state index contributed by atoms with van der Waals surface area (Å²) in [7, 11) is -4.09. The van der Waals surface area contributed by atoms with E-state index >= 15 is 0 Å². The van der Waals surface area contributed by atoms with Gasteiger partial charge in [-0.25, -0.2) is 4.79 Å². The van der Waals surface area contributed by atoms with E-state index in [0.29, 0.717) is 0 Å². The van der Waals surface area contributed by atoms with Crippen LogP contribution >= 0.6 is 0 Å². The van der Waals surface area contributed by atoms with E-state index in [1.807, 2.05) is 13.8 Å². The quantitative estimate of drug-likeness (QED) is 0.642. The van der Waals surface area contributed by atoms with Gasteiger partial charge in [0.1, 0.15) is 5.56 Å². The van der Waals surface area contributed by atoms with Crippen molar-refractivity contribution in [2.24, 2.45) is 0 Å². The zero-order valence-electron chi connectivity index (χ0n) is 10.7. The normalized spacial score (nSPS) is 11.8. The second-order valence-electron chi connectivity index (χ2n) is 4.39. The fraction of sp³-hybridized carbons (Fsp3) is 0.300. The van der Waals surface area contributed by atoms with E-state index in [-0.39, 0.29) is 11.7 Å². The van der Waals surface area contributed by atoms with Crippen molar-refractivity contribution in [3.05, 3.63) is 23.5 Å². The SMILES string of the molecule is CC(C)c1cc(NS(=O)(=O)c2[nH]ncc2C(=O)O)n[nH]1. The molecule has 0 radical (unpaired) electrons. The van der Waals surface area contributed by atoms with Crippen LogP contribution in [0.25, 0.3) is 0 Å². The largest absolute Gasteiger partial charge is 0.478 e. The van der Waals surface area contributed by atoms with E-state index < -0.39 is 26.6 Å². The monoisotopic (exact) mass is 299 g/mol. The minimum absolute atomic E-state index is 0.0830. The average molecular weight is 299 g/mol. The Hall–Kier alpha value is -2.36. The Balaban J connectivity index is 2.31. The van der Waals surface area contributed by atoms with Gasteiger partial charge in [-0.1, -0.05) is 13.8 Å². The van der Waals surface area contributed by atoms with Gasteiger partial charge in [-0.3, -0.25) is 14.9 Å². The van der Waals surface area contributed by atoms with Gasteiger partial charge in [0, 0.05) is 11.8 Å². The third-order valence-corrected chi connectivity index (χ3v) is 3.89. The van der Waals surface area contributed by atoms with Gasteiger partial charge in [-0.15, -0.1) is 0 Å². The van der Waals surface area contributed by atoms with E-state index in [1.54, 1.807) is 6.07 Å². The van der Waals surface area contributed by atoms with Crippen molar-refractivity contribution in [2.75, 3.05) is 4.72 Å². The van der Waals surface area contributed by atoms with Gasteiger partial charge >= 0.3 is 5.97 Å². The number of nitrogens with one attached hydrogen (secondary N) is 3. The molecule has 0 aromatic carbocycles. The lowest BCUT2D eigenvalue weighted by atomic mass is 10.1. The second-order valence-corrected chi connectivity index (χ2v) is 6.01. The molecule has 2 rings (SSSR count). The zero-order valence-corrected chi connectivity index (χ0v) is 11.5. The third-order valence-electron chi connectivity index (χ3n) is 2.56. The molecule has 0 aliphatic rings. The highest BCUT2D eigenvalue weighted by molar-refractivity contribution is 7.92. The van der Waals surface area contributed by atoms with Crippen molar-refractivity contribution < 1.29 is 18.3 Å². The van der Waals surface area contributed by atoms with Crippen molar-refractivity contribution in [1.29, 1.82) is 0 Å². The smallest absolute Gasteiger partial charge is 0.340 e. The Morgan fingerprint density at radius 3 is 2.65 bits per heavy atom. The molecule has 20 heavy (non-hydrogen) atoms. The highest BCUT2D eigenvalue weighted by atomic mass is 32.2. The number of carbonyl (C=O) groups is 1. The van der Waals surface area contributed by atoms with Crippen LogP contribution in [-0.4, -0.2) is 39.9 Å². The Morgan fingerprint density at radius 2 is 2.10 bits per heavy atom. The maximum atomic E-state index is 12.1. The molecule has 108 valence electrons. The predicted octanol–water partition coefficient (Wildman–Crippen LogP) is 0.755. The van der Waals surface area contributed by atoms with E-state index in [9.17, 15) is 13.2 Å². The predicted molar refractivity (Wildman–Crippen MR) is 69.0 cm³/mol. The lowest BCUT2D eigenvalue weighted by molar-refractivity contribution is 0.0692. The molecular formula is C10H13N5O4S. The number of hydrogen-bond donors (Lipinski definition) is 4. The highest BCUT2D eigenvalue weighted by Gasteiger charge is 2.25. The van der Waals surface area contributed by atoms with Gasteiger partial charge in [0.05, 0.1) is 6.20 Å². The molecule has 0 unspecified atom stereocenters. The number of aromatic nitrogens is 4. The number of nitrogens with zero attached hydrogens (tertiary/aromatic N) is 2. The minimum atomic E-state index is -4.09. The van der Waals surface area contributed by atoms with Crippen molar-refractivity contribution in [3.8, 4) is 0 Å². The van der Waals surface area contributed by atoms with Gasteiger partial charge < -0.3 is 5.11 Å². The van der Waals surface area contributed by atoms with E-state index in [2.05, 4.69) is 25.1 Å². The molecule has 0 aliphatic carbocycles. The molecule has 0 atom stereocenters. The maximum Gasteiger partial charge on any atom is 0.340 e. The van der Waals surface area contributed by atoms with Crippen LogP contribution in [0, 0.1) is 0 Å². The number of hydrogen-bond acceptors (Lipinski definition) is 5. The molecule has 0 saturated carbocycles. The van der Waals surface area contributed by atoms with Crippen LogP contribution in [0.1, 0.15) is 35.8 Å². The number of aromatic carboxylic acids is 1. The van der Waals surface area contributed by atoms with Crippen molar-refractivity contribution in [2.45, 2.75) is 24.8 Å². The average Bonchev–Trinajstić information content (AvgIpc) is 2.95. The van der Waals surface area contributed by atoms with Crippen LogP contribution in [0.3, 0.4) is 0 Å². The van der Waals surface area contributed by atoms with Gasteiger partial charge in [0.15, 0.2) is 10.8 Å². The molecular weight excluding hydrogens is 286 g/mol. The van der Waals surface area contributed by atoms with E-state index in [1.165, 1.54) is 0 Å². The molecule has 0 spiro atoms. The summed E-state index contributed by atoms with van der Waals surface area (Å²) in [4.78, 5) is 10.9. The number of aromatic amines is 2. The second kappa shape index (κ2) is 4.96. The molecule has 9 nitrogen and oxygen atoms in total. The topological polar surface area (TPSA) is 141 Å². The van der Waals surface area contributed by atoms with E-state index in [0.717, 1.165) is 11.9 Å². The fourth-order valence-corrected chi connectivity index (χ4v) is 2.59. The number of carboxylic acids is 1. The van der Waals surface area contributed by atoms with E-state index in [4.69, 9.17) is 5.11 Å². The molecule has 0 aliphatic heterocycles. The summed E-state index contributed by atoms with van der Waals surface area (Å²) in [5, 5.41) is 20.5. The zero-order chi connectivity index (χ0) is 14.9. The van der Waals surface area contributed by atoms with Crippen molar-refractivity contribution in [3.63, 3.8) is 0 Å². The Morgan fingerprint density at radius 1 is 1.40 bits per heavy atom. The van der Waals surface area contributed by atoms with Crippen molar-refractivity contribution in [1.82, 2.24) is 20.4 Å². The first-order valence-corrected chi connectivity index (χ1v) is 7.14. The number of carboxylic acid groups (broad SMARTS) is 1. The van der Waals surface area contributed by atoms with Crippen LogP contribution < -0.4 is 4.72 Å². The fourth-order valence-electron chi connectivity index (χ4n) is 1.50. The summed E-state index contributed by atoms with van der Waals surface area (Å²) in [6.07, 6.45) is 0.932. The lowest BCUT2D eigenvalue weighted by Crippen LogP contribution is -2.16. The van der Waals surface area contributed by atoms with Crippen molar-refractivity contribution >= 4 is 21.8 Å². The molecule has 2 aromatic rings. The standard InChI is InChI=1S/C10H13N5O4S/c1-5(2)7-3-8(13-12-7)15-20(18,19)9-6(10(16)17)4-11-14-9/h3-5H,1-2H3,(H,11,14)(H,16,17)(H2,12,13,15).